The second-order valence-corrected chi connectivity index (χ2v) is 14.9. The van der Waals surface area contributed by atoms with E-state index in [0.717, 1.165) is 44.5 Å². The first kappa shape index (κ1) is 32.0. The zero-order chi connectivity index (χ0) is 33.8. The van der Waals surface area contributed by atoms with E-state index in [9.17, 15) is 0 Å². The van der Waals surface area contributed by atoms with Gasteiger partial charge in [-0.15, -0.1) is 0 Å². The van der Waals surface area contributed by atoms with Gasteiger partial charge in [-0.2, -0.15) is 0 Å². The Morgan fingerprint density at radius 3 is 1.63 bits per heavy atom. The predicted molar refractivity (Wildman–Crippen MR) is 201 cm³/mol. The molecule has 7 rings (SSSR count). The van der Waals surface area contributed by atoms with Crippen molar-refractivity contribution in [1.29, 1.82) is 0 Å². The number of hydrogen-bond acceptors (Lipinski definition) is 4. The van der Waals surface area contributed by atoms with Crippen LogP contribution in [0.5, 0.6) is 17.2 Å². The first-order valence-corrected chi connectivity index (χ1v) is 17.9. The molecule has 242 valence electrons. The summed E-state index contributed by atoms with van der Waals surface area (Å²) in [4.78, 5) is 0. The van der Waals surface area contributed by atoms with Crippen molar-refractivity contribution in [1.82, 2.24) is 0 Å². The standard InChI is InChI=1S/C44H37O4P/c1-4-32-12-10-14-34(28-32)30-46-38-24-20-36(21-25-38)44(3,37-22-26-39(27-23-37)47-31-35-15-11-13-33(5-2)29-35)49(45)43-19-9-7-17-41(43)40-16-6-8-18-42(40)48-49/h4-29H,1-2,30-31H2,3H3. The molecule has 0 saturated heterocycles. The van der Waals surface area contributed by atoms with Crippen molar-refractivity contribution in [3.05, 3.63) is 192 Å². The van der Waals surface area contributed by atoms with Crippen molar-refractivity contribution in [2.45, 2.75) is 25.3 Å². The summed E-state index contributed by atoms with van der Waals surface area (Å²) in [6.45, 7) is 10.6. The summed E-state index contributed by atoms with van der Waals surface area (Å²) in [7, 11) is -3.68. The Balaban J connectivity index is 1.26. The minimum Gasteiger partial charge on any atom is -0.489 e. The van der Waals surface area contributed by atoms with Gasteiger partial charge in [-0.3, -0.25) is 4.57 Å². The van der Waals surface area contributed by atoms with Crippen LogP contribution in [0.4, 0.5) is 0 Å². The van der Waals surface area contributed by atoms with Crippen molar-refractivity contribution in [2.24, 2.45) is 0 Å². The van der Waals surface area contributed by atoms with Crippen molar-refractivity contribution in [3.8, 4) is 28.4 Å². The third kappa shape index (κ3) is 6.12. The summed E-state index contributed by atoms with van der Waals surface area (Å²) >= 11 is 0. The van der Waals surface area contributed by atoms with Crippen molar-refractivity contribution >= 4 is 24.8 Å². The van der Waals surface area contributed by atoms with Crippen LogP contribution in [0.3, 0.4) is 0 Å². The maximum Gasteiger partial charge on any atom is 0.292 e. The van der Waals surface area contributed by atoms with Crippen molar-refractivity contribution < 1.29 is 18.6 Å². The van der Waals surface area contributed by atoms with Gasteiger partial charge in [0.2, 0.25) is 0 Å². The summed E-state index contributed by atoms with van der Waals surface area (Å²) in [5, 5.41) is -0.370. The Kier molecular flexibility index (Phi) is 8.82. The first-order valence-electron chi connectivity index (χ1n) is 16.3. The molecular formula is C44H37O4P. The molecule has 6 aromatic carbocycles. The normalized spacial score (nSPS) is 14.9. The van der Waals surface area contributed by atoms with Crippen LogP contribution in [0.1, 0.15) is 40.3 Å². The maximum atomic E-state index is 15.9. The van der Waals surface area contributed by atoms with Gasteiger partial charge in [0.15, 0.2) is 0 Å². The lowest BCUT2D eigenvalue weighted by atomic mass is 9.92. The average molecular weight is 661 g/mol. The Morgan fingerprint density at radius 1 is 0.612 bits per heavy atom. The van der Waals surface area contributed by atoms with Gasteiger partial charge in [0, 0.05) is 5.56 Å². The smallest absolute Gasteiger partial charge is 0.292 e. The molecule has 1 heterocycles. The van der Waals surface area contributed by atoms with Gasteiger partial charge < -0.3 is 14.0 Å². The van der Waals surface area contributed by atoms with E-state index in [1.807, 2.05) is 153 Å². The van der Waals surface area contributed by atoms with Gasteiger partial charge >= 0.3 is 0 Å². The summed E-state index contributed by atoms with van der Waals surface area (Å²) in [5.74, 6) is 2.04. The summed E-state index contributed by atoms with van der Waals surface area (Å²) in [6, 6.07) is 47.7. The number of hydrogen-bond donors (Lipinski definition) is 0. The van der Waals surface area contributed by atoms with Crippen LogP contribution >= 0.6 is 7.37 Å². The van der Waals surface area contributed by atoms with E-state index in [0.29, 0.717) is 35.8 Å². The minimum absolute atomic E-state index is 0.420. The van der Waals surface area contributed by atoms with E-state index in [4.69, 9.17) is 14.0 Å². The lowest BCUT2D eigenvalue weighted by molar-refractivity contribution is 0.306. The largest absolute Gasteiger partial charge is 0.489 e. The molecule has 1 aliphatic heterocycles. The number of fused-ring (bicyclic) bond motifs is 3. The Morgan fingerprint density at radius 2 is 1.10 bits per heavy atom. The van der Waals surface area contributed by atoms with E-state index in [2.05, 4.69) is 25.3 Å². The molecule has 0 fully saturated rings. The molecule has 0 amide bonds. The molecule has 0 aromatic heterocycles. The highest BCUT2D eigenvalue weighted by Gasteiger charge is 2.53. The number of rotatable bonds is 11. The van der Waals surface area contributed by atoms with E-state index < -0.39 is 12.5 Å². The van der Waals surface area contributed by atoms with Crippen LogP contribution in [-0.2, 0) is 22.9 Å². The molecule has 0 radical (unpaired) electrons. The molecule has 4 nitrogen and oxygen atoms in total. The lowest BCUT2D eigenvalue weighted by Crippen LogP contribution is -2.34. The zero-order valence-electron chi connectivity index (χ0n) is 27.4. The summed E-state index contributed by atoms with van der Waals surface area (Å²) in [5.41, 5.74) is 7.74. The average Bonchev–Trinajstić information content (AvgIpc) is 3.16. The topological polar surface area (TPSA) is 44.8 Å². The fourth-order valence-electron chi connectivity index (χ4n) is 6.46. The van der Waals surface area contributed by atoms with Crippen LogP contribution in [0, 0.1) is 0 Å². The first-order chi connectivity index (χ1) is 23.9. The Labute approximate surface area is 288 Å². The van der Waals surface area contributed by atoms with Crippen LogP contribution in [0.15, 0.2) is 159 Å². The zero-order valence-corrected chi connectivity index (χ0v) is 28.3. The fraction of sp³-hybridized carbons (Fsp3) is 0.0909. The summed E-state index contributed by atoms with van der Waals surface area (Å²) in [6.07, 6.45) is 3.65. The number of ether oxygens (including phenoxy) is 2. The Hall–Kier alpha value is -5.57. The molecule has 1 atom stereocenters. The number of para-hydroxylation sites is 1. The minimum atomic E-state index is -3.68. The van der Waals surface area contributed by atoms with E-state index in [1.54, 1.807) is 0 Å². The molecule has 1 unspecified atom stereocenters. The molecular weight excluding hydrogens is 623 g/mol. The van der Waals surface area contributed by atoms with Crippen LogP contribution in [-0.4, -0.2) is 0 Å². The van der Waals surface area contributed by atoms with Gasteiger partial charge in [-0.25, -0.2) is 0 Å². The van der Waals surface area contributed by atoms with Gasteiger partial charge in [-0.05, 0) is 94.4 Å². The molecule has 0 aliphatic carbocycles. The third-order valence-corrected chi connectivity index (χ3v) is 12.4. The van der Waals surface area contributed by atoms with E-state index in [1.165, 1.54) is 0 Å². The molecule has 0 bridgehead atoms. The van der Waals surface area contributed by atoms with Gasteiger partial charge in [-0.1, -0.05) is 122 Å². The predicted octanol–water partition coefficient (Wildman–Crippen LogP) is 11.1. The lowest BCUT2D eigenvalue weighted by Gasteiger charge is -2.41. The van der Waals surface area contributed by atoms with Gasteiger partial charge in [0.05, 0.1) is 5.30 Å². The monoisotopic (exact) mass is 660 g/mol. The van der Waals surface area contributed by atoms with E-state index >= 15 is 4.57 Å². The van der Waals surface area contributed by atoms with Gasteiger partial charge in [0.25, 0.3) is 7.37 Å². The molecule has 6 aromatic rings. The van der Waals surface area contributed by atoms with Crippen molar-refractivity contribution in [2.75, 3.05) is 0 Å². The van der Waals surface area contributed by atoms with Crippen LogP contribution < -0.4 is 19.3 Å². The number of benzene rings is 6. The molecule has 49 heavy (non-hydrogen) atoms. The Bertz CT molecular complexity index is 2080. The van der Waals surface area contributed by atoms with Gasteiger partial charge in [0.1, 0.15) is 35.6 Å². The molecule has 0 spiro atoms. The molecule has 0 N–H and O–H groups in total. The fourth-order valence-corrected chi connectivity index (χ4v) is 9.43. The third-order valence-electron chi connectivity index (χ3n) is 9.23. The molecule has 5 heteroatoms. The summed E-state index contributed by atoms with van der Waals surface area (Å²) < 4.78 is 34.9. The second-order valence-electron chi connectivity index (χ2n) is 12.3. The van der Waals surface area contributed by atoms with Crippen molar-refractivity contribution in [3.63, 3.8) is 0 Å². The molecule has 0 saturated carbocycles. The second kappa shape index (κ2) is 13.5. The van der Waals surface area contributed by atoms with Crippen LogP contribution in [0.2, 0.25) is 0 Å². The highest BCUT2D eigenvalue weighted by Crippen LogP contribution is 2.69. The molecule has 1 aliphatic rings. The quantitative estimate of drug-likeness (QED) is 0.130. The SMILES string of the molecule is C=Cc1cccc(COc2ccc(C(C)(c3ccc(OCc4cccc(C=C)c4)cc3)P3(=O)Oc4ccccc4-c4ccccc43)cc2)c1. The maximum absolute atomic E-state index is 15.9. The highest BCUT2D eigenvalue weighted by molar-refractivity contribution is 7.69. The van der Waals surface area contributed by atoms with Crippen LogP contribution in [0.25, 0.3) is 23.3 Å². The highest BCUT2D eigenvalue weighted by atomic mass is 31.2. The van der Waals surface area contributed by atoms with E-state index in [-0.39, 0.29) is 0 Å².